The molecule has 9 heteroatoms. The number of aromatic nitrogens is 3. The molecule has 0 amide bonds. The Morgan fingerprint density at radius 2 is 2.19 bits per heavy atom. The van der Waals surface area contributed by atoms with Crippen LogP contribution in [0.25, 0.3) is 0 Å². The number of halogens is 3. The molecular formula is C18H25Cl2IN6. The van der Waals surface area contributed by atoms with Gasteiger partial charge in [0, 0.05) is 30.2 Å². The molecule has 27 heavy (non-hydrogen) atoms. The Bertz CT molecular complexity index is 792. The first-order valence-corrected chi connectivity index (χ1v) is 9.65. The smallest absolute Gasteiger partial charge is 0.191 e. The van der Waals surface area contributed by atoms with Crippen LogP contribution in [0.15, 0.2) is 23.2 Å². The molecule has 0 radical (unpaired) electrons. The molecule has 0 saturated heterocycles. The Labute approximate surface area is 187 Å². The molecule has 1 aromatic carbocycles. The van der Waals surface area contributed by atoms with E-state index in [0.29, 0.717) is 5.02 Å². The Balaban J connectivity index is 0.00000261. The number of hydrogen-bond donors (Lipinski definition) is 2. The standard InChI is InChI=1S/C18H24Cl2N6.HI/c1-12-23-17-16(6-4-10-26(17)25-12)24-18(21-2)22-9-3-5-13-7-8-14(19)11-15(13)20;/h7-8,11,16H,3-6,9-10H2,1-2H3,(H2,21,22,24);1H. The molecule has 0 saturated carbocycles. The van der Waals surface area contributed by atoms with Gasteiger partial charge in [-0.05, 0) is 50.3 Å². The second-order valence-corrected chi connectivity index (χ2v) is 7.26. The highest BCUT2D eigenvalue weighted by Gasteiger charge is 2.24. The summed E-state index contributed by atoms with van der Waals surface area (Å²) in [4.78, 5) is 8.88. The third-order valence-corrected chi connectivity index (χ3v) is 5.03. The van der Waals surface area contributed by atoms with E-state index in [0.717, 1.165) is 67.0 Å². The molecule has 1 aliphatic heterocycles. The molecule has 1 atom stereocenters. The summed E-state index contributed by atoms with van der Waals surface area (Å²) < 4.78 is 1.99. The summed E-state index contributed by atoms with van der Waals surface area (Å²) in [5, 5.41) is 12.7. The predicted octanol–water partition coefficient (Wildman–Crippen LogP) is 4.14. The van der Waals surface area contributed by atoms with Gasteiger partial charge in [0.2, 0.25) is 0 Å². The highest BCUT2D eigenvalue weighted by Crippen LogP contribution is 2.23. The molecule has 0 bridgehead atoms. The Morgan fingerprint density at radius 1 is 1.37 bits per heavy atom. The van der Waals surface area contributed by atoms with Crippen molar-refractivity contribution < 1.29 is 0 Å². The Morgan fingerprint density at radius 3 is 2.93 bits per heavy atom. The fourth-order valence-electron chi connectivity index (χ4n) is 3.17. The number of aliphatic imine (C=N–C) groups is 1. The number of fused-ring (bicyclic) bond motifs is 1. The largest absolute Gasteiger partial charge is 0.356 e. The SMILES string of the molecule is CN=C(NCCCc1ccc(Cl)cc1Cl)NC1CCCn2nc(C)nc21.I. The fraction of sp³-hybridized carbons (Fsp3) is 0.500. The maximum Gasteiger partial charge on any atom is 0.191 e. The van der Waals surface area contributed by atoms with Gasteiger partial charge in [-0.3, -0.25) is 4.99 Å². The van der Waals surface area contributed by atoms with Gasteiger partial charge < -0.3 is 10.6 Å². The van der Waals surface area contributed by atoms with Gasteiger partial charge in [-0.15, -0.1) is 24.0 Å². The van der Waals surface area contributed by atoms with Gasteiger partial charge in [0.1, 0.15) is 11.6 Å². The molecule has 1 aromatic heterocycles. The highest BCUT2D eigenvalue weighted by atomic mass is 127. The van der Waals surface area contributed by atoms with Crippen LogP contribution in [0.2, 0.25) is 10.0 Å². The van der Waals surface area contributed by atoms with E-state index in [1.54, 1.807) is 13.1 Å². The Kier molecular flexibility index (Phi) is 8.62. The number of hydrogen-bond acceptors (Lipinski definition) is 3. The molecule has 0 fully saturated rings. The summed E-state index contributed by atoms with van der Waals surface area (Å²) in [7, 11) is 1.78. The molecule has 0 spiro atoms. The monoisotopic (exact) mass is 522 g/mol. The number of nitrogens with one attached hydrogen (secondary N) is 2. The van der Waals surface area contributed by atoms with E-state index in [1.807, 2.05) is 23.7 Å². The van der Waals surface area contributed by atoms with Crippen LogP contribution in [0, 0.1) is 6.92 Å². The normalized spacial score (nSPS) is 16.4. The predicted molar refractivity (Wildman–Crippen MR) is 121 cm³/mol. The zero-order valence-corrected chi connectivity index (χ0v) is 19.3. The summed E-state index contributed by atoms with van der Waals surface area (Å²) >= 11 is 12.2. The zero-order valence-electron chi connectivity index (χ0n) is 15.5. The average molecular weight is 523 g/mol. The van der Waals surface area contributed by atoms with Crippen LogP contribution in [0.1, 0.15) is 42.5 Å². The van der Waals surface area contributed by atoms with E-state index >= 15 is 0 Å². The first-order chi connectivity index (χ1) is 12.6. The summed E-state index contributed by atoms with van der Waals surface area (Å²) in [5.74, 6) is 2.59. The molecule has 2 aromatic rings. The topological polar surface area (TPSA) is 67.1 Å². The van der Waals surface area contributed by atoms with Gasteiger partial charge in [-0.1, -0.05) is 29.3 Å². The molecule has 6 nitrogen and oxygen atoms in total. The highest BCUT2D eigenvalue weighted by molar-refractivity contribution is 14.0. The molecule has 1 aliphatic rings. The van der Waals surface area contributed by atoms with Crippen LogP contribution >= 0.6 is 47.2 Å². The van der Waals surface area contributed by atoms with E-state index in [4.69, 9.17) is 23.2 Å². The summed E-state index contributed by atoms with van der Waals surface area (Å²) in [5.41, 5.74) is 1.11. The van der Waals surface area contributed by atoms with Gasteiger partial charge >= 0.3 is 0 Å². The van der Waals surface area contributed by atoms with Crippen LogP contribution in [0.3, 0.4) is 0 Å². The van der Waals surface area contributed by atoms with Crippen LogP contribution in [0.5, 0.6) is 0 Å². The molecule has 0 aliphatic carbocycles. The van der Waals surface area contributed by atoms with Gasteiger partial charge in [0.05, 0.1) is 6.04 Å². The van der Waals surface area contributed by atoms with Crippen LogP contribution in [-0.4, -0.2) is 34.3 Å². The number of rotatable bonds is 5. The third-order valence-electron chi connectivity index (χ3n) is 4.45. The van der Waals surface area contributed by atoms with Gasteiger partial charge in [0.25, 0.3) is 0 Å². The lowest BCUT2D eigenvalue weighted by Gasteiger charge is -2.25. The molecule has 3 rings (SSSR count). The fourth-order valence-corrected chi connectivity index (χ4v) is 3.68. The summed E-state index contributed by atoms with van der Waals surface area (Å²) in [6.07, 6.45) is 3.94. The van der Waals surface area contributed by atoms with Gasteiger partial charge in [0.15, 0.2) is 5.96 Å². The quantitative estimate of drug-likeness (QED) is 0.268. The second kappa shape index (κ2) is 10.5. The van der Waals surface area contributed by atoms with E-state index in [2.05, 4.69) is 25.7 Å². The van der Waals surface area contributed by atoms with E-state index < -0.39 is 0 Å². The van der Waals surface area contributed by atoms with Gasteiger partial charge in [-0.2, -0.15) is 5.10 Å². The van der Waals surface area contributed by atoms with Crippen molar-refractivity contribution in [3.05, 3.63) is 45.5 Å². The summed E-state index contributed by atoms with van der Waals surface area (Å²) in [6.45, 7) is 3.66. The van der Waals surface area contributed by atoms with Crippen molar-refractivity contribution in [3.63, 3.8) is 0 Å². The third kappa shape index (κ3) is 5.96. The van der Waals surface area contributed by atoms with E-state index in [-0.39, 0.29) is 30.0 Å². The van der Waals surface area contributed by atoms with Crippen molar-refractivity contribution in [1.82, 2.24) is 25.4 Å². The molecule has 2 N–H and O–H groups in total. The maximum absolute atomic E-state index is 6.22. The second-order valence-electron chi connectivity index (χ2n) is 6.42. The molecule has 2 heterocycles. The van der Waals surface area contributed by atoms with Crippen LogP contribution < -0.4 is 10.6 Å². The lowest BCUT2D eigenvalue weighted by Crippen LogP contribution is -2.41. The lowest BCUT2D eigenvalue weighted by atomic mass is 10.1. The lowest BCUT2D eigenvalue weighted by molar-refractivity contribution is 0.397. The van der Waals surface area contributed by atoms with Crippen molar-refractivity contribution in [1.29, 1.82) is 0 Å². The molecule has 148 valence electrons. The van der Waals surface area contributed by atoms with Crippen LogP contribution in [0.4, 0.5) is 0 Å². The van der Waals surface area contributed by atoms with Crippen molar-refractivity contribution in [2.45, 2.75) is 45.2 Å². The first kappa shape index (κ1) is 22.2. The zero-order chi connectivity index (χ0) is 18.5. The average Bonchev–Trinajstić information content (AvgIpc) is 3.00. The van der Waals surface area contributed by atoms with Crippen molar-refractivity contribution in [2.24, 2.45) is 4.99 Å². The van der Waals surface area contributed by atoms with Gasteiger partial charge in [-0.25, -0.2) is 9.67 Å². The number of benzene rings is 1. The minimum absolute atomic E-state index is 0. The first-order valence-electron chi connectivity index (χ1n) is 8.89. The van der Waals surface area contributed by atoms with E-state index in [9.17, 15) is 0 Å². The number of aryl methyl sites for hydroxylation is 3. The minimum atomic E-state index is 0. The van der Waals surface area contributed by atoms with Crippen molar-refractivity contribution in [2.75, 3.05) is 13.6 Å². The molecule has 1 unspecified atom stereocenters. The van der Waals surface area contributed by atoms with Crippen molar-refractivity contribution >= 4 is 53.1 Å². The number of guanidine groups is 1. The van der Waals surface area contributed by atoms with E-state index in [1.165, 1.54) is 0 Å². The number of nitrogens with zero attached hydrogens (tertiary/aromatic N) is 4. The van der Waals surface area contributed by atoms with Crippen molar-refractivity contribution in [3.8, 4) is 0 Å². The maximum atomic E-state index is 6.22. The summed E-state index contributed by atoms with van der Waals surface area (Å²) in [6, 6.07) is 5.78. The molecular weight excluding hydrogens is 498 g/mol. The van der Waals surface area contributed by atoms with Crippen LogP contribution in [-0.2, 0) is 13.0 Å². The Hall–Kier alpha value is -1.06. The minimum Gasteiger partial charge on any atom is -0.356 e.